The Hall–Kier alpha value is -1.38. The third kappa shape index (κ3) is 1.77. The topological polar surface area (TPSA) is 61.3 Å². The van der Waals surface area contributed by atoms with E-state index in [1.165, 1.54) is 0 Å². The second-order valence-electron chi connectivity index (χ2n) is 2.22. The zero-order chi connectivity index (χ0) is 8.27. The summed E-state index contributed by atoms with van der Waals surface area (Å²) in [6, 6.07) is 5.26. The van der Waals surface area contributed by atoms with E-state index in [2.05, 4.69) is 0 Å². The standard InChI is InChI=1S/C8H12N2O/c1-2-11-6-3-4-7(9)8(10)5-6/h3-5H,2,9-10H2,1H3. The van der Waals surface area contributed by atoms with Gasteiger partial charge >= 0.3 is 0 Å². The van der Waals surface area contributed by atoms with E-state index in [0.717, 1.165) is 5.75 Å². The molecule has 0 saturated carbocycles. The molecule has 3 heteroatoms. The molecule has 1 rings (SSSR count). The van der Waals surface area contributed by atoms with Gasteiger partial charge in [-0.3, -0.25) is 0 Å². The van der Waals surface area contributed by atoms with Crippen LogP contribution >= 0.6 is 0 Å². The van der Waals surface area contributed by atoms with Crippen LogP contribution in [-0.4, -0.2) is 6.61 Å². The smallest absolute Gasteiger partial charge is 0.121 e. The summed E-state index contributed by atoms with van der Waals surface area (Å²) < 4.78 is 5.21. The Kier molecular flexibility index (Phi) is 2.21. The van der Waals surface area contributed by atoms with Crippen LogP contribution in [0.15, 0.2) is 18.2 Å². The van der Waals surface area contributed by atoms with Gasteiger partial charge in [0.2, 0.25) is 0 Å². The molecule has 0 atom stereocenters. The second-order valence-corrected chi connectivity index (χ2v) is 2.22. The van der Waals surface area contributed by atoms with Gasteiger partial charge in [0.1, 0.15) is 5.75 Å². The van der Waals surface area contributed by atoms with Crippen molar-refractivity contribution in [3.63, 3.8) is 0 Å². The summed E-state index contributed by atoms with van der Waals surface area (Å²) in [5, 5.41) is 0. The van der Waals surface area contributed by atoms with E-state index in [9.17, 15) is 0 Å². The number of benzene rings is 1. The molecule has 0 aliphatic rings. The molecule has 0 heterocycles. The molecule has 0 saturated heterocycles. The molecule has 60 valence electrons. The zero-order valence-corrected chi connectivity index (χ0v) is 6.50. The number of nitrogen functional groups attached to an aromatic ring is 2. The summed E-state index contributed by atoms with van der Waals surface area (Å²) in [7, 11) is 0. The Morgan fingerprint density at radius 1 is 1.27 bits per heavy atom. The lowest BCUT2D eigenvalue weighted by atomic mass is 10.2. The third-order valence-electron chi connectivity index (χ3n) is 1.37. The van der Waals surface area contributed by atoms with Crippen molar-refractivity contribution in [1.29, 1.82) is 0 Å². The van der Waals surface area contributed by atoms with Crippen molar-refractivity contribution in [3.05, 3.63) is 18.2 Å². The van der Waals surface area contributed by atoms with Gasteiger partial charge in [-0.2, -0.15) is 0 Å². The van der Waals surface area contributed by atoms with E-state index < -0.39 is 0 Å². The SMILES string of the molecule is CCOc1ccc(N)c(N)c1. The summed E-state index contributed by atoms with van der Waals surface area (Å²) in [5.41, 5.74) is 12.2. The molecule has 0 aromatic heterocycles. The van der Waals surface area contributed by atoms with Gasteiger partial charge in [0.05, 0.1) is 18.0 Å². The maximum absolute atomic E-state index is 5.55. The molecular weight excluding hydrogens is 140 g/mol. The summed E-state index contributed by atoms with van der Waals surface area (Å²) >= 11 is 0. The lowest BCUT2D eigenvalue weighted by Gasteiger charge is -2.04. The van der Waals surface area contributed by atoms with Crippen molar-refractivity contribution in [2.75, 3.05) is 18.1 Å². The van der Waals surface area contributed by atoms with E-state index >= 15 is 0 Å². The quantitative estimate of drug-likeness (QED) is 0.627. The van der Waals surface area contributed by atoms with E-state index in [1.54, 1.807) is 18.2 Å². The highest BCUT2D eigenvalue weighted by Crippen LogP contribution is 2.20. The number of rotatable bonds is 2. The monoisotopic (exact) mass is 152 g/mol. The molecule has 0 unspecified atom stereocenters. The molecule has 4 N–H and O–H groups in total. The van der Waals surface area contributed by atoms with Crippen LogP contribution in [0.4, 0.5) is 11.4 Å². The predicted molar refractivity (Wildman–Crippen MR) is 46.4 cm³/mol. The molecule has 0 amide bonds. The first kappa shape index (κ1) is 7.72. The van der Waals surface area contributed by atoms with Crippen molar-refractivity contribution in [2.45, 2.75) is 6.92 Å². The van der Waals surface area contributed by atoms with Crippen molar-refractivity contribution in [3.8, 4) is 5.75 Å². The normalized spacial score (nSPS) is 9.55. The fourth-order valence-electron chi connectivity index (χ4n) is 0.809. The van der Waals surface area contributed by atoms with Crippen LogP contribution in [0.3, 0.4) is 0 Å². The Morgan fingerprint density at radius 3 is 2.55 bits per heavy atom. The van der Waals surface area contributed by atoms with Gasteiger partial charge in [0, 0.05) is 6.07 Å². The van der Waals surface area contributed by atoms with E-state index in [-0.39, 0.29) is 0 Å². The Balaban J connectivity index is 2.86. The Labute approximate surface area is 66.0 Å². The molecule has 0 aliphatic carbocycles. The maximum atomic E-state index is 5.55. The van der Waals surface area contributed by atoms with E-state index in [1.807, 2.05) is 6.92 Å². The first-order valence-electron chi connectivity index (χ1n) is 3.52. The van der Waals surface area contributed by atoms with Gasteiger partial charge in [-0.1, -0.05) is 0 Å². The Bertz CT molecular complexity index is 248. The van der Waals surface area contributed by atoms with Gasteiger partial charge in [0.25, 0.3) is 0 Å². The predicted octanol–water partition coefficient (Wildman–Crippen LogP) is 1.25. The molecule has 0 bridgehead atoms. The number of hydrogen-bond donors (Lipinski definition) is 2. The zero-order valence-electron chi connectivity index (χ0n) is 6.50. The average molecular weight is 152 g/mol. The molecule has 0 fully saturated rings. The van der Waals surface area contributed by atoms with Crippen LogP contribution in [-0.2, 0) is 0 Å². The van der Waals surface area contributed by atoms with Crippen LogP contribution < -0.4 is 16.2 Å². The van der Waals surface area contributed by atoms with Gasteiger partial charge in [-0.15, -0.1) is 0 Å². The number of nitrogens with two attached hydrogens (primary N) is 2. The minimum Gasteiger partial charge on any atom is -0.494 e. The fourth-order valence-corrected chi connectivity index (χ4v) is 0.809. The van der Waals surface area contributed by atoms with E-state index in [0.29, 0.717) is 18.0 Å². The minimum atomic E-state index is 0.566. The highest BCUT2D eigenvalue weighted by Gasteiger charge is 1.95. The highest BCUT2D eigenvalue weighted by molar-refractivity contribution is 5.65. The number of anilines is 2. The van der Waals surface area contributed by atoms with Crippen LogP contribution in [0.1, 0.15) is 6.92 Å². The average Bonchev–Trinajstić information content (AvgIpc) is 1.98. The number of ether oxygens (including phenoxy) is 1. The minimum absolute atomic E-state index is 0.566. The summed E-state index contributed by atoms with van der Waals surface area (Å²) in [5.74, 6) is 0.763. The van der Waals surface area contributed by atoms with Crippen LogP contribution in [0, 0.1) is 0 Å². The summed E-state index contributed by atoms with van der Waals surface area (Å²) in [6.07, 6.45) is 0. The van der Waals surface area contributed by atoms with Gasteiger partial charge < -0.3 is 16.2 Å². The molecule has 1 aromatic carbocycles. The highest BCUT2D eigenvalue weighted by atomic mass is 16.5. The van der Waals surface area contributed by atoms with Crippen LogP contribution in [0.25, 0.3) is 0 Å². The molecule has 0 aliphatic heterocycles. The van der Waals surface area contributed by atoms with Crippen molar-refractivity contribution in [2.24, 2.45) is 0 Å². The van der Waals surface area contributed by atoms with Gasteiger partial charge in [-0.05, 0) is 19.1 Å². The van der Waals surface area contributed by atoms with Crippen LogP contribution in [0.5, 0.6) is 5.75 Å². The number of hydrogen-bond acceptors (Lipinski definition) is 3. The summed E-state index contributed by atoms with van der Waals surface area (Å²) in [6.45, 7) is 2.57. The largest absolute Gasteiger partial charge is 0.494 e. The molecule has 11 heavy (non-hydrogen) atoms. The molecule has 0 radical (unpaired) electrons. The van der Waals surface area contributed by atoms with Crippen molar-refractivity contribution >= 4 is 11.4 Å². The first-order valence-corrected chi connectivity index (χ1v) is 3.52. The van der Waals surface area contributed by atoms with Crippen molar-refractivity contribution < 1.29 is 4.74 Å². The Morgan fingerprint density at radius 2 is 2.00 bits per heavy atom. The third-order valence-corrected chi connectivity index (χ3v) is 1.37. The first-order chi connectivity index (χ1) is 5.24. The van der Waals surface area contributed by atoms with Crippen molar-refractivity contribution in [1.82, 2.24) is 0 Å². The summed E-state index contributed by atoms with van der Waals surface area (Å²) in [4.78, 5) is 0. The lowest BCUT2D eigenvalue weighted by Crippen LogP contribution is -1.96. The van der Waals surface area contributed by atoms with E-state index in [4.69, 9.17) is 16.2 Å². The molecule has 1 aromatic rings. The van der Waals surface area contributed by atoms with Gasteiger partial charge in [-0.25, -0.2) is 0 Å². The fraction of sp³-hybridized carbons (Fsp3) is 0.250. The van der Waals surface area contributed by atoms with Crippen LogP contribution in [0.2, 0.25) is 0 Å². The lowest BCUT2D eigenvalue weighted by molar-refractivity contribution is 0.340. The van der Waals surface area contributed by atoms with Gasteiger partial charge in [0.15, 0.2) is 0 Å². The molecule has 0 spiro atoms. The second kappa shape index (κ2) is 3.14. The molecular formula is C8H12N2O. The molecule has 3 nitrogen and oxygen atoms in total. The maximum Gasteiger partial charge on any atom is 0.121 e.